The molecule has 0 amide bonds. The second-order valence-electron chi connectivity index (χ2n) is 5.43. The van der Waals surface area contributed by atoms with Crippen LogP contribution in [0.25, 0.3) is 0 Å². The van der Waals surface area contributed by atoms with Crippen LogP contribution in [0, 0.1) is 4.91 Å². The number of oxime groups is 1. The monoisotopic (exact) mass is 326 g/mol. The predicted molar refractivity (Wildman–Crippen MR) is 91.1 cm³/mol. The topological polar surface area (TPSA) is 69.5 Å². The van der Waals surface area contributed by atoms with Crippen molar-refractivity contribution in [2.75, 3.05) is 14.2 Å². The van der Waals surface area contributed by atoms with Crippen LogP contribution in [0.5, 0.6) is 11.5 Å². The van der Waals surface area contributed by atoms with E-state index in [2.05, 4.69) is 10.3 Å². The fourth-order valence-electron chi connectivity index (χ4n) is 2.72. The number of methoxy groups -OCH3 is 2. The third kappa shape index (κ3) is 3.22. The lowest BCUT2D eigenvalue weighted by atomic mass is 10.1. The Morgan fingerprint density at radius 1 is 1.00 bits per heavy atom. The molecule has 0 heterocycles. The summed E-state index contributed by atoms with van der Waals surface area (Å²) in [6, 6.07) is 10.8. The number of nitroso groups, excluding NO2 is 1. The molecule has 0 spiro atoms. The predicted octanol–water partition coefficient (Wildman–Crippen LogP) is 3.97. The highest BCUT2D eigenvalue weighted by atomic mass is 16.6. The first kappa shape index (κ1) is 16.0. The Morgan fingerprint density at radius 2 is 1.71 bits per heavy atom. The molecular formula is C18H18N2O4. The van der Waals surface area contributed by atoms with Crippen molar-refractivity contribution in [3.63, 3.8) is 0 Å². The highest BCUT2D eigenvalue weighted by Crippen LogP contribution is 2.35. The Labute approximate surface area is 140 Å². The maximum atomic E-state index is 10.4. The highest BCUT2D eigenvalue weighted by Gasteiger charge is 2.21. The van der Waals surface area contributed by atoms with Gasteiger partial charge in [-0.2, -0.15) is 0 Å². The molecule has 0 aliphatic heterocycles. The molecule has 0 saturated carbocycles. The van der Waals surface area contributed by atoms with Gasteiger partial charge in [0.25, 0.3) is 0 Å². The molecule has 3 rings (SSSR count). The minimum absolute atomic E-state index is 0.339. The van der Waals surface area contributed by atoms with Crippen LogP contribution in [0.15, 0.2) is 46.7 Å². The number of benzene rings is 2. The van der Waals surface area contributed by atoms with Crippen molar-refractivity contribution in [1.82, 2.24) is 0 Å². The molecule has 1 aliphatic rings. The van der Waals surface area contributed by atoms with Crippen molar-refractivity contribution in [2.45, 2.75) is 19.4 Å². The van der Waals surface area contributed by atoms with E-state index in [-0.39, 0.29) is 0 Å². The molecule has 124 valence electrons. The maximum Gasteiger partial charge on any atom is 0.161 e. The smallest absolute Gasteiger partial charge is 0.161 e. The van der Waals surface area contributed by atoms with Gasteiger partial charge >= 0.3 is 0 Å². The summed E-state index contributed by atoms with van der Waals surface area (Å²) < 4.78 is 10.7. The van der Waals surface area contributed by atoms with Crippen LogP contribution in [0.3, 0.4) is 0 Å². The van der Waals surface area contributed by atoms with E-state index in [1.165, 1.54) is 5.56 Å². The summed E-state index contributed by atoms with van der Waals surface area (Å²) in [5.74, 6) is 1.41. The van der Waals surface area contributed by atoms with Gasteiger partial charge in [0, 0.05) is 5.56 Å². The number of rotatable bonds is 6. The first-order valence-corrected chi connectivity index (χ1v) is 7.61. The SMILES string of the molecule is COc1cc2c(cc1OC)/C(=N/OCc1ccc(N=O)cc1)CC2. The first-order chi connectivity index (χ1) is 11.7. The zero-order valence-corrected chi connectivity index (χ0v) is 13.6. The van der Waals surface area contributed by atoms with Gasteiger partial charge in [-0.1, -0.05) is 17.3 Å². The van der Waals surface area contributed by atoms with Crippen LogP contribution < -0.4 is 9.47 Å². The summed E-state index contributed by atoms with van der Waals surface area (Å²) in [6.07, 6.45) is 1.72. The first-order valence-electron chi connectivity index (χ1n) is 7.61. The van der Waals surface area contributed by atoms with Gasteiger partial charge in [0.05, 0.1) is 19.9 Å². The van der Waals surface area contributed by atoms with E-state index in [1.807, 2.05) is 12.1 Å². The molecular weight excluding hydrogens is 308 g/mol. The highest BCUT2D eigenvalue weighted by molar-refractivity contribution is 6.04. The number of hydrogen-bond donors (Lipinski definition) is 0. The van der Waals surface area contributed by atoms with Gasteiger partial charge in [-0.25, -0.2) is 0 Å². The zero-order valence-electron chi connectivity index (χ0n) is 13.6. The molecule has 0 aromatic heterocycles. The normalized spacial score (nSPS) is 14.3. The summed E-state index contributed by atoms with van der Waals surface area (Å²) in [6.45, 7) is 0.339. The molecule has 0 fully saturated rings. The van der Waals surface area contributed by atoms with Gasteiger partial charge in [0.15, 0.2) is 11.5 Å². The number of nitrogens with zero attached hydrogens (tertiary/aromatic N) is 2. The van der Waals surface area contributed by atoms with Crippen molar-refractivity contribution in [3.8, 4) is 11.5 Å². The van der Waals surface area contributed by atoms with E-state index in [1.54, 1.807) is 38.5 Å². The fourth-order valence-corrected chi connectivity index (χ4v) is 2.72. The molecule has 0 unspecified atom stereocenters. The summed E-state index contributed by atoms with van der Waals surface area (Å²) in [4.78, 5) is 15.9. The summed E-state index contributed by atoms with van der Waals surface area (Å²) in [5.41, 5.74) is 4.44. The minimum atomic E-state index is 0.339. The average Bonchev–Trinajstić information content (AvgIpc) is 3.03. The number of ether oxygens (including phenoxy) is 2. The second-order valence-corrected chi connectivity index (χ2v) is 5.43. The minimum Gasteiger partial charge on any atom is -0.493 e. The van der Waals surface area contributed by atoms with Gasteiger partial charge in [0.2, 0.25) is 0 Å². The van der Waals surface area contributed by atoms with Crippen molar-refractivity contribution in [2.24, 2.45) is 10.3 Å². The van der Waals surface area contributed by atoms with Crippen molar-refractivity contribution < 1.29 is 14.3 Å². The van der Waals surface area contributed by atoms with Crippen molar-refractivity contribution in [3.05, 3.63) is 58.0 Å². The Bertz CT molecular complexity index is 769. The van der Waals surface area contributed by atoms with E-state index in [9.17, 15) is 4.91 Å². The van der Waals surface area contributed by atoms with Gasteiger partial charge in [-0.05, 0) is 53.4 Å². The number of fused-ring (bicyclic) bond motifs is 1. The molecule has 2 aromatic carbocycles. The van der Waals surface area contributed by atoms with Gasteiger partial charge in [-0.3, -0.25) is 0 Å². The van der Waals surface area contributed by atoms with Gasteiger partial charge < -0.3 is 14.3 Å². The molecule has 0 bridgehead atoms. The van der Waals surface area contributed by atoms with Crippen LogP contribution in [-0.4, -0.2) is 19.9 Å². The second kappa shape index (κ2) is 7.12. The molecule has 0 N–H and O–H groups in total. The average molecular weight is 326 g/mol. The molecule has 6 nitrogen and oxygen atoms in total. The summed E-state index contributed by atoms with van der Waals surface area (Å²) in [7, 11) is 3.24. The maximum absolute atomic E-state index is 10.4. The van der Waals surface area contributed by atoms with Crippen LogP contribution in [-0.2, 0) is 17.9 Å². The lowest BCUT2D eigenvalue weighted by Crippen LogP contribution is -1.99. The Morgan fingerprint density at radius 3 is 2.38 bits per heavy atom. The van der Waals surface area contributed by atoms with E-state index in [0.717, 1.165) is 35.4 Å². The molecule has 0 saturated heterocycles. The van der Waals surface area contributed by atoms with Crippen LogP contribution in [0.2, 0.25) is 0 Å². The number of aryl methyl sites for hydroxylation is 1. The van der Waals surface area contributed by atoms with Crippen LogP contribution >= 0.6 is 0 Å². The Balaban J connectivity index is 1.72. The van der Waals surface area contributed by atoms with E-state index in [0.29, 0.717) is 18.0 Å². The standard InChI is InChI=1S/C18H18N2O4/c1-22-17-9-13-5-8-16(15(13)10-18(17)23-2)20-24-11-12-3-6-14(19-21)7-4-12/h3-4,6-7,9-10H,5,8,11H2,1-2H3/b20-16+. The third-order valence-corrected chi connectivity index (χ3v) is 4.00. The quantitative estimate of drug-likeness (QED) is 0.595. The lowest BCUT2D eigenvalue weighted by molar-refractivity contribution is 0.130. The molecule has 0 radical (unpaired) electrons. The van der Waals surface area contributed by atoms with Crippen LogP contribution in [0.4, 0.5) is 5.69 Å². The Hall–Kier alpha value is -2.89. The molecule has 6 heteroatoms. The zero-order chi connectivity index (χ0) is 16.9. The van der Waals surface area contributed by atoms with Crippen molar-refractivity contribution >= 4 is 11.4 Å². The number of hydrogen-bond acceptors (Lipinski definition) is 6. The summed E-state index contributed by atoms with van der Waals surface area (Å²) in [5, 5.41) is 7.14. The fraction of sp³-hybridized carbons (Fsp3) is 0.278. The third-order valence-electron chi connectivity index (χ3n) is 4.00. The van der Waals surface area contributed by atoms with Crippen molar-refractivity contribution in [1.29, 1.82) is 0 Å². The molecule has 2 aromatic rings. The Kier molecular flexibility index (Phi) is 4.74. The van der Waals surface area contributed by atoms with E-state index < -0.39 is 0 Å². The van der Waals surface area contributed by atoms with E-state index >= 15 is 0 Å². The lowest BCUT2D eigenvalue weighted by Gasteiger charge is -2.10. The molecule has 1 aliphatic carbocycles. The van der Waals surface area contributed by atoms with Crippen LogP contribution in [0.1, 0.15) is 23.1 Å². The molecule has 0 atom stereocenters. The summed E-state index contributed by atoms with van der Waals surface area (Å²) >= 11 is 0. The van der Waals surface area contributed by atoms with Gasteiger partial charge in [-0.15, -0.1) is 4.91 Å². The largest absolute Gasteiger partial charge is 0.493 e. The van der Waals surface area contributed by atoms with E-state index in [4.69, 9.17) is 14.3 Å². The van der Waals surface area contributed by atoms with Gasteiger partial charge in [0.1, 0.15) is 12.3 Å². The molecule has 24 heavy (non-hydrogen) atoms.